The van der Waals surface area contributed by atoms with E-state index in [1.54, 1.807) is 49.4 Å². The van der Waals surface area contributed by atoms with Gasteiger partial charge in [0.2, 0.25) is 0 Å². The van der Waals surface area contributed by atoms with Gasteiger partial charge in [-0.05, 0) is 37.3 Å². The van der Waals surface area contributed by atoms with Gasteiger partial charge in [-0.15, -0.1) is 0 Å². The van der Waals surface area contributed by atoms with E-state index >= 15 is 0 Å². The van der Waals surface area contributed by atoms with Crippen molar-refractivity contribution in [2.45, 2.75) is 13.0 Å². The third-order valence-electron chi connectivity index (χ3n) is 3.45. The average molecular weight is 324 g/mol. The van der Waals surface area contributed by atoms with Crippen molar-refractivity contribution >= 4 is 11.6 Å². The first-order chi connectivity index (χ1) is 11.7. The van der Waals surface area contributed by atoms with E-state index in [-0.39, 0.29) is 5.91 Å². The van der Waals surface area contributed by atoms with Crippen molar-refractivity contribution < 1.29 is 19.0 Å². The largest absolute Gasteiger partial charge is 0.486 e. The van der Waals surface area contributed by atoms with Crippen LogP contribution in [0.1, 0.15) is 12.5 Å². The zero-order chi connectivity index (χ0) is 16.9. The molecule has 6 nitrogen and oxygen atoms in total. The number of nitrogens with one attached hydrogen (secondary N) is 1. The van der Waals surface area contributed by atoms with Gasteiger partial charge in [-0.1, -0.05) is 6.07 Å². The summed E-state index contributed by atoms with van der Waals surface area (Å²) in [6, 6.07) is 13.9. The van der Waals surface area contributed by atoms with Crippen molar-refractivity contribution in [3.8, 4) is 23.3 Å². The van der Waals surface area contributed by atoms with Crippen LogP contribution in [0, 0.1) is 11.3 Å². The third kappa shape index (κ3) is 3.58. The number of anilines is 1. The van der Waals surface area contributed by atoms with E-state index in [1.165, 1.54) is 0 Å². The van der Waals surface area contributed by atoms with Crippen LogP contribution in [0.15, 0.2) is 42.5 Å². The lowest BCUT2D eigenvalue weighted by Crippen LogP contribution is -2.30. The molecule has 0 spiro atoms. The van der Waals surface area contributed by atoms with Gasteiger partial charge in [-0.25, -0.2) is 0 Å². The SMILES string of the molecule is CC(Oc1cccc(C#N)c1)C(=O)Nc1ccc2c(c1)OCCO2. The monoisotopic (exact) mass is 324 g/mol. The molecule has 24 heavy (non-hydrogen) atoms. The summed E-state index contributed by atoms with van der Waals surface area (Å²) in [7, 11) is 0. The first kappa shape index (κ1) is 15.7. The molecule has 0 aromatic heterocycles. The highest BCUT2D eigenvalue weighted by molar-refractivity contribution is 5.94. The van der Waals surface area contributed by atoms with Crippen LogP contribution in [0.4, 0.5) is 5.69 Å². The standard InChI is InChI=1S/C18H16N2O4/c1-12(24-15-4-2-3-13(9-15)11-19)18(21)20-14-5-6-16-17(10-14)23-8-7-22-16/h2-6,9-10,12H,7-8H2,1H3,(H,20,21). The Morgan fingerprint density at radius 1 is 1.21 bits per heavy atom. The van der Waals surface area contributed by atoms with Crippen molar-refractivity contribution in [3.05, 3.63) is 48.0 Å². The van der Waals surface area contributed by atoms with E-state index in [2.05, 4.69) is 5.32 Å². The number of nitrogens with zero attached hydrogens (tertiary/aromatic N) is 1. The Bertz CT molecular complexity index is 798. The number of hydrogen-bond acceptors (Lipinski definition) is 5. The Kier molecular flexibility index (Phi) is 4.52. The van der Waals surface area contributed by atoms with E-state index in [0.29, 0.717) is 41.7 Å². The molecule has 0 aliphatic carbocycles. The summed E-state index contributed by atoms with van der Waals surface area (Å²) < 4.78 is 16.5. The number of rotatable bonds is 4. The molecule has 3 rings (SSSR count). The molecule has 2 aromatic carbocycles. The van der Waals surface area contributed by atoms with Gasteiger partial charge >= 0.3 is 0 Å². The number of carbonyl (C=O) groups excluding carboxylic acids is 1. The predicted octanol–water partition coefficient (Wildman–Crippen LogP) is 2.74. The minimum Gasteiger partial charge on any atom is -0.486 e. The summed E-state index contributed by atoms with van der Waals surface area (Å²) >= 11 is 0. The maximum Gasteiger partial charge on any atom is 0.265 e. The lowest BCUT2D eigenvalue weighted by Gasteiger charge is -2.19. The van der Waals surface area contributed by atoms with Gasteiger partial charge in [0.05, 0.1) is 11.6 Å². The molecular weight excluding hydrogens is 308 g/mol. The van der Waals surface area contributed by atoms with Crippen LogP contribution in [-0.4, -0.2) is 25.2 Å². The zero-order valence-corrected chi connectivity index (χ0v) is 13.1. The zero-order valence-electron chi connectivity index (χ0n) is 13.1. The molecule has 1 amide bonds. The number of amides is 1. The summed E-state index contributed by atoms with van der Waals surface area (Å²) in [5.74, 6) is 1.44. The molecule has 0 fully saturated rings. The van der Waals surface area contributed by atoms with E-state index in [9.17, 15) is 4.79 Å². The van der Waals surface area contributed by atoms with Crippen LogP contribution in [-0.2, 0) is 4.79 Å². The maximum atomic E-state index is 12.3. The number of benzene rings is 2. The van der Waals surface area contributed by atoms with Gasteiger partial charge in [0.1, 0.15) is 19.0 Å². The van der Waals surface area contributed by atoms with Crippen molar-refractivity contribution in [1.29, 1.82) is 5.26 Å². The minimum atomic E-state index is -0.716. The summed E-state index contributed by atoms with van der Waals surface area (Å²) in [6.07, 6.45) is -0.716. The Balaban J connectivity index is 1.64. The molecule has 6 heteroatoms. The molecule has 1 heterocycles. The van der Waals surface area contributed by atoms with E-state index in [1.807, 2.05) is 6.07 Å². The molecule has 0 saturated carbocycles. The molecule has 0 saturated heterocycles. The van der Waals surface area contributed by atoms with Gasteiger partial charge in [0, 0.05) is 11.8 Å². The number of hydrogen-bond donors (Lipinski definition) is 1. The molecule has 0 radical (unpaired) electrons. The highest BCUT2D eigenvalue weighted by Gasteiger charge is 2.17. The third-order valence-corrected chi connectivity index (χ3v) is 3.45. The lowest BCUT2D eigenvalue weighted by molar-refractivity contribution is -0.122. The van der Waals surface area contributed by atoms with Gasteiger partial charge in [0.15, 0.2) is 17.6 Å². The van der Waals surface area contributed by atoms with Gasteiger partial charge < -0.3 is 19.5 Å². The van der Waals surface area contributed by atoms with Crippen molar-refractivity contribution in [2.24, 2.45) is 0 Å². The lowest BCUT2D eigenvalue weighted by atomic mass is 10.2. The van der Waals surface area contributed by atoms with Crippen molar-refractivity contribution in [1.82, 2.24) is 0 Å². The molecular formula is C18H16N2O4. The molecule has 1 aliphatic rings. The Morgan fingerprint density at radius 2 is 2.00 bits per heavy atom. The first-order valence-electron chi connectivity index (χ1n) is 7.53. The van der Waals surface area contributed by atoms with E-state index in [0.717, 1.165) is 0 Å². The quantitative estimate of drug-likeness (QED) is 0.935. The first-order valence-corrected chi connectivity index (χ1v) is 7.53. The second kappa shape index (κ2) is 6.92. The van der Waals surface area contributed by atoms with Gasteiger partial charge in [0.25, 0.3) is 5.91 Å². The number of ether oxygens (including phenoxy) is 3. The highest BCUT2D eigenvalue weighted by Crippen LogP contribution is 2.32. The molecule has 1 unspecified atom stereocenters. The minimum absolute atomic E-state index is 0.297. The fraction of sp³-hybridized carbons (Fsp3) is 0.222. The highest BCUT2D eigenvalue weighted by atomic mass is 16.6. The molecule has 2 aromatic rings. The Labute approximate surface area is 139 Å². The normalized spacial score (nSPS) is 13.5. The molecule has 1 aliphatic heterocycles. The number of nitriles is 1. The van der Waals surface area contributed by atoms with Crippen LogP contribution in [0.3, 0.4) is 0 Å². The molecule has 122 valence electrons. The number of fused-ring (bicyclic) bond motifs is 1. The van der Waals surface area contributed by atoms with Crippen LogP contribution >= 0.6 is 0 Å². The summed E-state index contributed by atoms with van der Waals surface area (Å²) in [5, 5.41) is 11.7. The smallest absolute Gasteiger partial charge is 0.265 e. The average Bonchev–Trinajstić information content (AvgIpc) is 2.61. The van der Waals surface area contributed by atoms with E-state index in [4.69, 9.17) is 19.5 Å². The van der Waals surface area contributed by atoms with Crippen LogP contribution in [0.5, 0.6) is 17.2 Å². The second-order valence-electron chi connectivity index (χ2n) is 5.25. The molecule has 0 bridgehead atoms. The number of carbonyl (C=O) groups is 1. The molecule has 1 N–H and O–H groups in total. The Hall–Kier alpha value is -3.20. The summed E-state index contributed by atoms with van der Waals surface area (Å²) in [6.45, 7) is 2.65. The summed E-state index contributed by atoms with van der Waals surface area (Å²) in [4.78, 5) is 12.3. The van der Waals surface area contributed by atoms with Crippen molar-refractivity contribution in [3.63, 3.8) is 0 Å². The van der Waals surface area contributed by atoms with Gasteiger partial charge in [-0.2, -0.15) is 5.26 Å². The van der Waals surface area contributed by atoms with Crippen LogP contribution < -0.4 is 19.5 Å². The molecule has 1 atom stereocenters. The fourth-order valence-corrected chi connectivity index (χ4v) is 2.26. The second-order valence-corrected chi connectivity index (χ2v) is 5.25. The van der Waals surface area contributed by atoms with E-state index < -0.39 is 6.10 Å². The topological polar surface area (TPSA) is 80.6 Å². The Morgan fingerprint density at radius 3 is 2.79 bits per heavy atom. The maximum absolute atomic E-state index is 12.3. The fourth-order valence-electron chi connectivity index (χ4n) is 2.26. The van der Waals surface area contributed by atoms with Crippen LogP contribution in [0.25, 0.3) is 0 Å². The van der Waals surface area contributed by atoms with Crippen LogP contribution in [0.2, 0.25) is 0 Å². The summed E-state index contributed by atoms with van der Waals surface area (Å²) in [5.41, 5.74) is 1.08. The van der Waals surface area contributed by atoms with Crippen molar-refractivity contribution in [2.75, 3.05) is 18.5 Å². The van der Waals surface area contributed by atoms with Gasteiger partial charge in [-0.3, -0.25) is 4.79 Å². The predicted molar refractivity (Wildman–Crippen MR) is 87.3 cm³/mol.